The number of nitrogens with one attached hydrogen (secondary N) is 1. The third-order valence-electron chi connectivity index (χ3n) is 3.06. The maximum atomic E-state index is 8.63. The van der Waals surface area contributed by atoms with Gasteiger partial charge in [0.25, 0.3) is 5.89 Å². The van der Waals surface area contributed by atoms with Gasteiger partial charge in [-0.2, -0.15) is 4.98 Å². The highest BCUT2D eigenvalue weighted by Crippen LogP contribution is 2.17. The van der Waals surface area contributed by atoms with E-state index in [0.717, 1.165) is 11.1 Å². The van der Waals surface area contributed by atoms with Crippen LogP contribution in [-0.2, 0) is 13.2 Å². The molecule has 0 unspecified atom stereocenters. The van der Waals surface area contributed by atoms with Crippen LogP contribution in [-0.4, -0.2) is 15.3 Å². The predicted octanol–water partition coefficient (Wildman–Crippen LogP) is 2.79. The zero-order chi connectivity index (χ0) is 15.2. The summed E-state index contributed by atoms with van der Waals surface area (Å²) in [5.41, 5.74) is 3.94. The third kappa shape index (κ3) is 3.49. The van der Waals surface area contributed by atoms with E-state index in [9.17, 15) is 0 Å². The van der Waals surface area contributed by atoms with Crippen LogP contribution < -0.4 is 10.2 Å². The molecule has 0 aliphatic heterocycles. The molecule has 0 saturated carbocycles. The van der Waals surface area contributed by atoms with Crippen LogP contribution in [0.15, 0.2) is 59.1 Å². The summed E-state index contributed by atoms with van der Waals surface area (Å²) >= 11 is 0. The molecule has 22 heavy (non-hydrogen) atoms. The topological polar surface area (TPSA) is 80.4 Å². The quantitative estimate of drug-likeness (QED) is 0.681. The van der Waals surface area contributed by atoms with Crippen molar-refractivity contribution in [1.29, 1.82) is 0 Å². The first kappa shape index (κ1) is 14.2. The lowest BCUT2D eigenvalue weighted by Crippen LogP contribution is -2.05. The molecule has 112 valence electrons. The lowest BCUT2D eigenvalue weighted by atomic mass is 10.2. The smallest absolute Gasteiger partial charge is 0.258 e. The summed E-state index contributed by atoms with van der Waals surface area (Å²) in [6, 6.07) is 17.0. The highest BCUT2D eigenvalue weighted by Gasteiger charge is 2.08. The number of hydroxylamine groups is 1. The molecule has 6 nitrogen and oxygen atoms in total. The molecule has 0 aliphatic carbocycles. The molecule has 1 aromatic heterocycles. The maximum absolute atomic E-state index is 8.63. The minimum Gasteiger partial charge on any atom is -0.485 e. The molecule has 0 radical (unpaired) electrons. The molecule has 3 aromatic rings. The van der Waals surface area contributed by atoms with Gasteiger partial charge in [0.1, 0.15) is 5.75 Å². The van der Waals surface area contributed by atoms with E-state index < -0.39 is 0 Å². The number of hydrogen-bond acceptors (Lipinski definition) is 6. The van der Waals surface area contributed by atoms with Crippen LogP contribution in [0.3, 0.4) is 0 Å². The summed E-state index contributed by atoms with van der Waals surface area (Å²) in [6.07, 6.45) is 0. The number of nitrogens with zero attached hydrogens (tertiary/aromatic N) is 2. The van der Waals surface area contributed by atoms with Gasteiger partial charge in [0.05, 0.1) is 0 Å². The first-order valence-corrected chi connectivity index (χ1v) is 6.82. The van der Waals surface area contributed by atoms with Crippen LogP contribution in [0.5, 0.6) is 5.75 Å². The Morgan fingerprint density at radius 2 is 1.82 bits per heavy atom. The van der Waals surface area contributed by atoms with E-state index in [1.807, 2.05) is 54.6 Å². The fourth-order valence-corrected chi connectivity index (χ4v) is 1.95. The Morgan fingerprint density at radius 1 is 1.05 bits per heavy atom. The van der Waals surface area contributed by atoms with Gasteiger partial charge in [-0.05, 0) is 29.8 Å². The Hall–Kier alpha value is -2.70. The minimum atomic E-state index is 0.230. The zero-order valence-corrected chi connectivity index (χ0v) is 11.8. The molecule has 0 aliphatic rings. The second-order valence-electron chi connectivity index (χ2n) is 4.65. The van der Waals surface area contributed by atoms with Gasteiger partial charge >= 0.3 is 0 Å². The van der Waals surface area contributed by atoms with E-state index >= 15 is 0 Å². The normalized spacial score (nSPS) is 10.6. The van der Waals surface area contributed by atoms with Crippen molar-refractivity contribution >= 4 is 0 Å². The van der Waals surface area contributed by atoms with Gasteiger partial charge in [-0.1, -0.05) is 35.5 Å². The van der Waals surface area contributed by atoms with Gasteiger partial charge in [0.2, 0.25) is 5.82 Å². The van der Waals surface area contributed by atoms with Crippen molar-refractivity contribution in [3.63, 3.8) is 0 Å². The van der Waals surface area contributed by atoms with Crippen molar-refractivity contribution < 1.29 is 14.5 Å². The molecule has 6 heteroatoms. The van der Waals surface area contributed by atoms with E-state index in [0.29, 0.717) is 24.0 Å². The van der Waals surface area contributed by atoms with Crippen molar-refractivity contribution in [2.24, 2.45) is 0 Å². The lowest BCUT2D eigenvalue weighted by molar-refractivity contribution is 0.161. The summed E-state index contributed by atoms with van der Waals surface area (Å²) in [5, 5.41) is 12.5. The van der Waals surface area contributed by atoms with Gasteiger partial charge in [-0.3, -0.25) is 0 Å². The van der Waals surface area contributed by atoms with E-state index in [1.54, 1.807) is 0 Å². The van der Waals surface area contributed by atoms with Crippen LogP contribution in [0, 0.1) is 0 Å². The van der Waals surface area contributed by atoms with Crippen molar-refractivity contribution in [3.05, 3.63) is 66.0 Å². The Morgan fingerprint density at radius 3 is 2.55 bits per heavy atom. The summed E-state index contributed by atoms with van der Waals surface area (Å²) in [6.45, 7) is 0.624. The van der Waals surface area contributed by atoms with Crippen molar-refractivity contribution in [2.45, 2.75) is 13.2 Å². The fraction of sp³-hybridized carbons (Fsp3) is 0.125. The standard InChI is InChI=1S/C16H15N3O3/c20-17-10-12-6-8-14(9-7-12)21-11-15-18-16(22-19-15)13-4-2-1-3-5-13/h1-9,17,20H,10-11H2. The molecule has 2 N–H and O–H groups in total. The average Bonchev–Trinajstić information content (AvgIpc) is 3.04. The zero-order valence-electron chi connectivity index (χ0n) is 11.8. The maximum Gasteiger partial charge on any atom is 0.258 e. The molecular formula is C16H15N3O3. The molecule has 0 bridgehead atoms. The van der Waals surface area contributed by atoms with Crippen LogP contribution >= 0.6 is 0 Å². The van der Waals surface area contributed by atoms with E-state index in [1.165, 1.54) is 0 Å². The van der Waals surface area contributed by atoms with Crippen LogP contribution in [0.2, 0.25) is 0 Å². The second kappa shape index (κ2) is 6.84. The minimum absolute atomic E-state index is 0.230. The molecular weight excluding hydrogens is 282 g/mol. The molecule has 1 heterocycles. The monoisotopic (exact) mass is 297 g/mol. The lowest BCUT2D eigenvalue weighted by Gasteiger charge is -2.04. The highest BCUT2D eigenvalue weighted by atomic mass is 16.5. The largest absolute Gasteiger partial charge is 0.485 e. The van der Waals surface area contributed by atoms with E-state index in [2.05, 4.69) is 15.6 Å². The van der Waals surface area contributed by atoms with Crippen molar-refractivity contribution in [1.82, 2.24) is 15.6 Å². The Labute approximate surface area is 127 Å². The summed E-state index contributed by atoms with van der Waals surface area (Å²) in [4.78, 5) is 4.30. The fourth-order valence-electron chi connectivity index (χ4n) is 1.95. The first-order valence-electron chi connectivity index (χ1n) is 6.82. The van der Waals surface area contributed by atoms with E-state index in [4.69, 9.17) is 14.5 Å². The van der Waals surface area contributed by atoms with Gasteiger partial charge in [-0.15, -0.1) is 0 Å². The number of aromatic nitrogens is 2. The van der Waals surface area contributed by atoms with Gasteiger partial charge < -0.3 is 14.5 Å². The van der Waals surface area contributed by atoms with E-state index in [-0.39, 0.29) is 6.61 Å². The first-order chi connectivity index (χ1) is 10.8. The molecule has 0 saturated heterocycles. The van der Waals surface area contributed by atoms with Crippen molar-refractivity contribution in [2.75, 3.05) is 0 Å². The second-order valence-corrected chi connectivity index (χ2v) is 4.65. The summed E-state index contributed by atoms with van der Waals surface area (Å²) in [7, 11) is 0. The highest BCUT2D eigenvalue weighted by molar-refractivity contribution is 5.51. The van der Waals surface area contributed by atoms with Crippen molar-refractivity contribution in [3.8, 4) is 17.2 Å². The van der Waals surface area contributed by atoms with Gasteiger partial charge in [0.15, 0.2) is 6.61 Å². The predicted molar refractivity (Wildman–Crippen MR) is 79.1 cm³/mol. The molecule has 2 aromatic carbocycles. The Kier molecular flexibility index (Phi) is 4.43. The van der Waals surface area contributed by atoms with Crippen LogP contribution in [0.1, 0.15) is 11.4 Å². The number of ether oxygens (including phenoxy) is 1. The molecule has 0 fully saturated rings. The Bertz CT molecular complexity index is 711. The molecule has 0 atom stereocenters. The van der Waals surface area contributed by atoms with Gasteiger partial charge in [0, 0.05) is 12.1 Å². The summed E-state index contributed by atoms with van der Waals surface area (Å²) in [5.74, 6) is 1.66. The van der Waals surface area contributed by atoms with Crippen LogP contribution in [0.4, 0.5) is 0 Å². The number of rotatable bonds is 6. The van der Waals surface area contributed by atoms with Gasteiger partial charge in [-0.25, -0.2) is 5.48 Å². The molecule has 3 rings (SSSR count). The summed E-state index contributed by atoms with van der Waals surface area (Å²) < 4.78 is 10.8. The third-order valence-corrected chi connectivity index (χ3v) is 3.06. The number of hydrogen-bond donors (Lipinski definition) is 2. The Balaban J connectivity index is 1.61. The average molecular weight is 297 g/mol. The molecule has 0 spiro atoms. The SMILES string of the molecule is ONCc1ccc(OCc2noc(-c3ccccc3)n2)cc1. The number of benzene rings is 2. The van der Waals surface area contributed by atoms with Crippen LogP contribution in [0.25, 0.3) is 11.5 Å². The molecule has 0 amide bonds.